The van der Waals surface area contributed by atoms with Gasteiger partial charge in [0.1, 0.15) is 0 Å². The van der Waals surface area contributed by atoms with Crippen LogP contribution in [0.2, 0.25) is 0 Å². The number of anilines is 1. The third kappa shape index (κ3) is 2.60. The number of benzene rings is 1. The summed E-state index contributed by atoms with van der Waals surface area (Å²) in [5, 5.41) is 0.909. The molecule has 0 radical (unpaired) electrons. The number of alkyl halides is 1. The van der Waals surface area contributed by atoms with Crippen LogP contribution in [-0.2, 0) is 0 Å². The molecular formula is C10H10BrN. The second-order valence-corrected chi connectivity index (χ2v) is 3.12. The quantitative estimate of drug-likeness (QED) is 0.442. The van der Waals surface area contributed by atoms with Crippen LogP contribution in [0.25, 0.3) is 0 Å². The van der Waals surface area contributed by atoms with E-state index in [0.29, 0.717) is 0 Å². The van der Waals surface area contributed by atoms with Crippen LogP contribution in [0.5, 0.6) is 0 Å². The number of nitrogens with two attached hydrogens (primary N) is 1. The van der Waals surface area contributed by atoms with Crippen molar-refractivity contribution in [3.63, 3.8) is 0 Å². The number of nitrogen functional groups attached to an aromatic ring is 1. The van der Waals surface area contributed by atoms with Crippen molar-refractivity contribution in [1.82, 2.24) is 0 Å². The van der Waals surface area contributed by atoms with Crippen LogP contribution >= 0.6 is 15.9 Å². The summed E-state index contributed by atoms with van der Waals surface area (Å²) in [4.78, 5) is 0. The molecule has 0 spiro atoms. The van der Waals surface area contributed by atoms with Crippen LogP contribution in [0.4, 0.5) is 5.69 Å². The molecule has 0 saturated carbocycles. The van der Waals surface area contributed by atoms with Gasteiger partial charge in [0.05, 0.1) is 0 Å². The van der Waals surface area contributed by atoms with E-state index >= 15 is 0 Å². The zero-order valence-electron chi connectivity index (χ0n) is 6.68. The van der Waals surface area contributed by atoms with Crippen LogP contribution in [0.15, 0.2) is 24.3 Å². The summed E-state index contributed by atoms with van der Waals surface area (Å²) < 4.78 is 0. The average Bonchev–Trinajstić information content (AvgIpc) is 2.09. The summed E-state index contributed by atoms with van der Waals surface area (Å²) in [6, 6.07) is 7.63. The van der Waals surface area contributed by atoms with Gasteiger partial charge in [0.25, 0.3) is 0 Å². The number of hydrogen-bond acceptors (Lipinski definition) is 1. The van der Waals surface area contributed by atoms with Gasteiger partial charge in [-0.15, -0.1) is 0 Å². The van der Waals surface area contributed by atoms with E-state index in [1.807, 2.05) is 24.3 Å². The van der Waals surface area contributed by atoms with E-state index in [-0.39, 0.29) is 0 Å². The first-order chi connectivity index (χ1) is 5.84. The summed E-state index contributed by atoms with van der Waals surface area (Å²) in [7, 11) is 0. The Bertz CT molecular complexity index is 309. The van der Waals surface area contributed by atoms with Gasteiger partial charge in [-0.2, -0.15) is 0 Å². The largest absolute Gasteiger partial charge is 0.398 e. The lowest BCUT2D eigenvalue weighted by Crippen LogP contribution is -1.88. The fourth-order valence-electron chi connectivity index (χ4n) is 0.816. The molecule has 0 unspecified atom stereocenters. The van der Waals surface area contributed by atoms with Gasteiger partial charge in [-0.3, -0.25) is 0 Å². The predicted octanol–water partition coefficient (Wildman–Crippen LogP) is 2.41. The second-order valence-electron chi connectivity index (χ2n) is 2.33. The molecule has 0 aliphatic heterocycles. The van der Waals surface area contributed by atoms with E-state index in [0.717, 1.165) is 23.0 Å². The second kappa shape index (κ2) is 4.84. The molecule has 0 heterocycles. The van der Waals surface area contributed by atoms with Crippen molar-refractivity contribution in [2.75, 3.05) is 11.1 Å². The minimum absolute atomic E-state index is 0.750. The molecule has 0 bridgehead atoms. The Hall–Kier alpha value is -0.940. The van der Waals surface area contributed by atoms with Crippen molar-refractivity contribution in [2.45, 2.75) is 6.42 Å². The molecule has 0 amide bonds. The van der Waals surface area contributed by atoms with Crippen LogP contribution in [0, 0.1) is 11.8 Å². The summed E-state index contributed by atoms with van der Waals surface area (Å²) in [5.74, 6) is 6.02. The van der Waals surface area contributed by atoms with Gasteiger partial charge < -0.3 is 5.73 Å². The van der Waals surface area contributed by atoms with Crippen molar-refractivity contribution in [1.29, 1.82) is 0 Å². The minimum Gasteiger partial charge on any atom is -0.398 e. The highest BCUT2D eigenvalue weighted by molar-refractivity contribution is 9.09. The van der Waals surface area contributed by atoms with Crippen molar-refractivity contribution in [2.24, 2.45) is 0 Å². The highest BCUT2D eigenvalue weighted by atomic mass is 79.9. The van der Waals surface area contributed by atoms with E-state index in [4.69, 9.17) is 5.73 Å². The van der Waals surface area contributed by atoms with Gasteiger partial charge in [0.15, 0.2) is 0 Å². The normalized spacial score (nSPS) is 8.75. The highest BCUT2D eigenvalue weighted by Crippen LogP contribution is 2.07. The van der Waals surface area contributed by atoms with Gasteiger partial charge in [0, 0.05) is 23.0 Å². The first kappa shape index (κ1) is 9.15. The van der Waals surface area contributed by atoms with Gasteiger partial charge >= 0.3 is 0 Å². The maximum atomic E-state index is 5.69. The van der Waals surface area contributed by atoms with Gasteiger partial charge in [-0.05, 0) is 12.1 Å². The Morgan fingerprint density at radius 1 is 1.33 bits per heavy atom. The molecule has 0 saturated heterocycles. The van der Waals surface area contributed by atoms with Crippen molar-refractivity contribution in [3.05, 3.63) is 29.8 Å². The lowest BCUT2D eigenvalue weighted by Gasteiger charge is -1.94. The molecule has 1 aromatic rings. The number of rotatable bonds is 1. The Morgan fingerprint density at radius 3 is 2.75 bits per heavy atom. The summed E-state index contributed by atoms with van der Waals surface area (Å²) in [5.41, 5.74) is 7.35. The summed E-state index contributed by atoms with van der Waals surface area (Å²) in [6.45, 7) is 0. The Balaban J connectivity index is 2.77. The lowest BCUT2D eigenvalue weighted by atomic mass is 10.2. The average molecular weight is 224 g/mol. The van der Waals surface area contributed by atoms with E-state index < -0.39 is 0 Å². The van der Waals surface area contributed by atoms with Crippen LogP contribution < -0.4 is 5.73 Å². The maximum absolute atomic E-state index is 5.69. The first-order valence-electron chi connectivity index (χ1n) is 3.74. The number of halogens is 1. The van der Waals surface area contributed by atoms with Crippen LogP contribution in [0.1, 0.15) is 12.0 Å². The van der Waals surface area contributed by atoms with E-state index in [1.165, 1.54) is 0 Å². The third-order valence-electron chi connectivity index (χ3n) is 1.40. The number of para-hydroxylation sites is 1. The Morgan fingerprint density at radius 2 is 2.08 bits per heavy atom. The van der Waals surface area contributed by atoms with Crippen LogP contribution in [0.3, 0.4) is 0 Å². The standard InChI is InChI=1S/C10H10BrN/c11-8-4-3-6-9-5-1-2-7-10(9)12/h1-2,5,7H,4,8,12H2. The van der Waals surface area contributed by atoms with E-state index in [9.17, 15) is 0 Å². The van der Waals surface area contributed by atoms with Gasteiger partial charge in [-0.1, -0.05) is 39.9 Å². The van der Waals surface area contributed by atoms with Gasteiger partial charge in [-0.25, -0.2) is 0 Å². The number of hydrogen-bond donors (Lipinski definition) is 1. The predicted molar refractivity (Wildman–Crippen MR) is 56.1 cm³/mol. The fourth-order valence-corrected chi connectivity index (χ4v) is 1.01. The minimum atomic E-state index is 0.750. The third-order valence-corrected chi connectivity index (χ3v) is 1.80. The molecule has 0 aliphatic carbocycles. The van der Waals surface area contributed by atoms with Crippen molar-refractivity contribution >= 4 is 21.6 Å². The smallest absolute Gasteiger partial charge is 0.0474 e. The topological polar surface area (TPSA) is 26.0 Å². The van der Waals surface area contributed by atoms with Crippen molar-refractivity contribution in [3.8, 4) is 11.8 Å². The Labute approximate surface area is 81.1 Å². The zero-order valence-corrected chi connectivity index (χ0v) is 8.26. The molecule has 0 aromatic heterocycles. The zero-order chi connectivity index (χ0) is 8.81. The fraction of sp³-hybridized carbons (Fsp3) is 0.200. The van der Waals surface area contributed by atoms with E-state index in [1.54, 1.807) is 0 Å². The molecule has 62 valence electrons. The molecule has 12 heavy (non-hydrogen) atoms. The summed E-state index contributed by atoms with van der Waals surface area (Å²) >= 11 is 3.31. The molecule has 1 nitrogen and oxygen atoms in total. The molecular weight excluding hydrogens is 214 g/mol. The molecule has 0 fully saturated rings. The molecule has 2 N–H and O–H groups in total. The molecule has 0 atom stereocenters. The molecule has 1 rings (SSSR count). The van der Waals surface area contributed by atoms with Crippen LogP contribution in [-0.4, -0.2) is 5.33 Å². The van der Waals surface area contributed by atoms with E-state index in [2.05, 4.69) is 27.8 Å². The summed E-state index contributed by atoms with van der Waals surface area (Å²) in [6.07, 6.45) is 0.855. The SMILES string of the molecule is Nc1ccccc1C#CCCBr. The maximum Gasteiger partial charge on any atom is 0.0474 e. The molecule has 0 aliphatic rings. The molecule has 2 heteroatoms. The van der Waals surface area contributed by atoms with Gasteiger partial charge in [0.2, 0.25) is 0 Å². The first-order valence-corrected chi connectivity index (χ1v) is 4.86. The lowest BCUT2D eigenvalue weighted by molar-refractivity contribution is 1.32. The monoisotopic (exact) mass is 223 g/mol. The Kier molecular flexibility index (Phi) is 3.69. The van der Waals surface area contributed by atoms with Crippen molar-refractivity contribution < 1.29 is 0 Å². The highest BCUT2D eigenvalue weighted by Gasteiger charge is 1.89. The molecule has 1 aromatic carbocycles.